The van der Waals surface area contributed by atoms with Gasteiger partial charge in [-0.05, 0) is 56.2 Å². The number of anilines is 1. The molecule has 0 saturated carbocycles. The standard InChI is InChI=1S/C13H9BrCl2N6/c14-11-6-8(4-5-17-11)7-18-13-19-20-21-22(13)10-3-1-2-9(15)12(10)16/h1-6H,7H2,(H,18,19,21). The molecule has 0 saturated heterocycles. The van der Waals surface area contributed by atoms with Crippen LogP contribution in [0.5, 0.6) is 0 Å². The summed E-state index contributed by atoms with van der Waals surface area (Å²) in [4.78, 5) is 4.08. The molecule has 0 aliphatic carbocycles. The lowest BCUT2D eigenvalue weighted by atomic mass is 10.3. The quantitative estimate of drug-likeness (QED) is 0.676. The van der Waals surface area contributed by atoms with Crippen LogP contribution in [0.2, 0.25) is 10.0 Å². The van der Waals surface area contributed by atoms with Gasteiger partial charge in [-0.25, -0.2) is 4.98 Å². The summed E-state index contributed by atoms with van der Waals surface area (Å²) in [6, 6.07) is 9.10. The Morgan fingerprint density at radius 2 is 2.09 bits per heavy atom. The van der Waals surface area contributed by atoms with E-state index in [1.54, 1.807) is 24.4 Å². The number of nitrogens with zero attached hydrogens (tertiary/aromatic N) is 5. The van der Waals surface area contributed by atoms with E-state index in [9.17, 15) is 0 Å². The first-order valence-corrected chi connectivity index (χ1v) is 7.77. The Labute approximate surface area is 144 Å². The third kappa shape index (κ3) is 3.21. The van der Waals surface area contributed by atoms with Crippen molar-refractivity contribution in [2.24, 2.45) is 0 Å². The minimum Gasteiger partial charge on any atom is -0.349 e. The average molecular weight is 400 g/mol. The molecule has 0 radical (unpaired) electrons. The summed E-state index contributed by atoms with van der Waals surface area (Å²) in [6.07, 6.45) is 1.72. The van der Waals surface area contributed by atoms with Crippen molar-refractivity contribution in [2.45, 2.75) is 6.54 Å². The minimum absolute atomic E-state index is 0.395. The first-order valence-electron chi connectivity index (χ1n) is 6.22. The number of pyridine rings is 1. The summed E-state index contributed by atoms with van der Waals surface area (Å²) in [5.74, 6) is 0.470. The Hall–Kier alpha value is -1.70. The second-order valence-corrected chi connectivity index (χ2v) is 5.93. The Balaban J connectivity index is 1.85. The van der Waals surface area contributed by atoms with Crippen LogP contribution in [0.25, 0.3) is 5.69 Å². The van der Waals surface area contributed by atoms with Gasteiger partial charge in [0.25, 0.3) is 0 Å². The molecule has 0 amide bonds. The second-order valence-electron chi connectivity index (χ2n) is 4.33. The molecule has 1 aromatic carbocycles. The summed E-state index contributed by atoms with van der Waals surface area (Å²) in [5, 5.41) is 15.6. The fraction of sp³-hybridized carbons (Fsp3) is 0.0769. The first-order chi connectivity index (χ1) is 10.6. The highest BCUT2D eigenvalue weighted by Gasteiger charge is 2.13. The zero-order valence-corrected chi connectivity index (χ0v) is 14.1. The molecule has 0 aliphatic rings. The molecular weight excluding hydrogens is 391 g/mol. The van der Waals surface area contributed by atoms with Crippen molar-refractivity contribution in [3.63, 3.8) is 0 Å². The van der Waals surface area contributed by atoms with E-state index in [1.807, 2.05) is 12.1 Å². The number of halogens is 3. The maximum atomic E-state index is 6.20. The summed E-state index contributed by atoms with van der Waals surface area (Å²) in [6.45, 7) is 0.541. The van der Waals surface area contributed by atoms with Gasteiger partial charge in [0.1, 0.15) is 4.60 Å². The van der Waals surface area contributed by atoms with Crippen LogP contribution < -0.4 is 5.32 Å². The van der Waals surface area contributed by atoms with E-state index in [-0.39, 0.29) is 0 Å². The number of hydrogen-bond acceptors (Lipinski definition) is 5. The van der Waals surface area contributed by atoms with Crippen molar-refractivity contribution in [1.82, 2.24) is 25.2 Å². The van der Waals surface area contributed by atoms with Crippen molar-refractivity contribution >= 4 is 45.1 Å². The lowest BCUT2D eigenvalue weighted by Crippen LogP contribution is -2.08. The molecule has 2 heterocycles. The van der Waals surface area contributed by atoms with Gasteiger partial charge in [0.05, 0.1) is 15.7 Å². The minimum atomic E-state index is 0.395. The third-order valence-corrected chi connectivity index (χ3v) is 4.11. The lowest BCUT2D eigenvalue weighted by Gasteiger charge is -2.09. The Kier molecular flexibility index (Phi) is 4.56. The van der Waals surface area contributed by atoms with Gasteiger partial charge in [-0.2, -0.15) is 4.68 Å². The van der Waals surface area contributed by atoms with E-state index in [2.05, 4.69) is 41.8 Å². The van der Waals surface area contributed by atoms with Crippen LogP contribution in [-0.4, -0.2) is 25.2 Å². The normalized spacial score (nSPS) is 10.7. The van der Waals surface area contributed by atoms with Gasteiger partial charge < -0.3 is 5.32 Å². The van der Waals surface area contributed by atoms with Crippen molar-refractivity contribution in [2.75, 3.05) is 5.32 Å². The van der Waals surface area contributed by atoms with Crippen LogP contribution >= 0.6 is 39.1 Å². The number of hydrogen-bond donors (Lipinski definition) is 1. The van der Waals surface area contributed by atoms with Crippen molar-refractivity contribution < 1.29 is 0 Å². The van der Waals surface area contributed by atoms with Crippen molar-refractivity contribution in [3.05, 3.63) is 56.7 Å². The van der Waals surface area contributed by atoms with E-state index in [0.717, 1.165) is 10.2 Å². The van der Waals surface area contributed by atoms with Crippen LogP contribution in [0.1, 0.15) is 5.56 Å². The fourth-order valence-corrected chi connectivity index (χ4v) is 2.64. The highest BCUT2D eigenvalue weighted by atomic mass is 79.9. The lowest BCUT2D eigenvalue weighted by molar-refractivity contribution is 0.789. The van der Waals surface area contributed by atoms with Gasteiger partial charge >= 0.3 is 0 Å². The summed E-state index contributed by atoms with van der Waals surface area (Å²) < 4.78 is 2.27. The molecule has 0 spiro atoms. The molecule has 0 atom stereocenters. The molecule has 1 N–H and O–H groups in total. The van der Waals surface area contributed by atoms with E-state index in [1.165, 1.54) is 4.68 Å². The van der Waals surface area contributed by atoms with Crippen LogP contribution in [0.15, 0.2) is 41.1 Å². The highest BCUT2D eigenvalue weighted by molar-refractivity contribution is 9.10. The van der Waals surface area contributed by atoms with Gasteiger partial charge in [0.15, 0.2) is 0 Å². The molecule has 6 nitrogen and oxygen atoms in total. The molecule has 0 fully saturated rings. The molecule has 0 aliphatic heterocycles. The molecule has 0 bridgehead atoms. The largest absolute Gasteiger partial charge is 0.349 e. The molecule has 3 rings (SSSR count). The fourth-order valence-electron chi connectivity index (χ4n) is 1.85. The van der Waals surface area contributed by atoms with Gasteiger partial charge in [0.2, 0.25) is 5.95 Å². The number of nitrogens with one attached hydrogen (secondary N) is 1. The zero-order chi connectivity index (χ0) is 15.5. The van der Waals surface area contributed by atoms with Crippen LogP contribution in [0, 0.1) is 0 Å². The van der Waals surface area contributed by atoms with Crippen molar-refractivity contribution in [3.8, 4) is 5.69 Å². The predicted octanol–water partition coefficient (Wildman–Crippen LogP) is 3.74. The Morgan fingerprint density at radius 1 is 1.23 bits per heavy atom. The molecule has 22 heavy (non-hydrogen) atoms. The number of aromatic nitrogens is 5. The first kappa shape index (κ1) is 15.2. The van der Waals surface area contributed by atoms with Gasteiger partial charge in [-0.1, -0.05) is 34.4 Å². The van der Waals surface area contributed by atoms with Crippen LogP contribution in [-0.2, 0) is 6.54 Å². The predicted molar refractivity (Wildman–Crippen MR) is 88.4 cm³/mol. The second kappa shape index (κ2) is 6.60. The summed E-state index contributed by atoms with van der Waals surface area (Å²) >= 11 is 15.6. The molecule has 112 valence electrons. The van der Waals surface area contributed by atoms with E-state index < -0.39 is 0 Å². The molecule has 3 aromatic rings. The van der Waals surface area contributed by atoms with E-state index in [0.29, 0.717) is 28.2 Å². The molecule has 0 unspecified atom stereocenters. The van der Waals surface area contributed by atoms with Gasteiger partial charge in [-0.15, -0.1) is 0 Å². The van der Waals surface area contributed by atoms with Crippen LogP contribution in [0.4, 0.5) is 5.95 Å². The van der Waals surface area contributed by atoms with E-state index in [4.69, 9.17) is 23.2 Å². The Bertz CT molecular complexity index is 807. The Morgan fingerprint density at radius 3 is 2.91 bits per heavy atom. The molecule has 2 aromatic heterocycles. The zero-order valence-electron chi connectivity index (χ0n) is 11.0. The summed E-state index contributed by atoms with van der Waals surface area (Å²) in [5.41, 5.74) is 1.64. The monoisotopic (exact) mass is 398 g/mol. The third-order valence-electron chi connectivity index (χ3n) is 2.87. The van der Waals surface area contributed by atoms with E-state index >= 15 is 0 Å². The summed E-state index contributed by atoms with van der Waals surface area (Å²) in [7, 11) is 0. The van der Waals surface area contributed by atoms with Crippen molar-refractivity contribution in [1.29, 1.82) is 0 Å². The number of tetrazole rings is 1. The van der Waals surface area contributed by atoms with Crippen LogP contribution in [0.3, 0.4) is 0 Å². The SMILES string of the molecule is Clc1cccc(-n2nnnc2NCc2ccnc(Br)c2)c1Cl. The smallest absolute Gasteiger partial charge is 0.248 e. The maximum absolute atomic E-state index is 6.20. The number of benzene rings is 1. The molecule has 9 heteroatoms. The number of rotatable bonds is 4. The molecular formula is C13H9BrCl2N6. The van der Waals surface area contributed by atoms with Gasteiger partial charge in [-0.3, -0.25) is 0 Å². The highest BCUT2D eigenvalue weighted by Crippen LogP contribution is 2.29. The van der Waals surface area contributed by atoms with Gasteiger partial charge in [0, 0.05) is 12.7 Å². The topological polar surface area (TPSA) is 68.5 Å². The average Bonchev–Trinajstić information content (AvgIpc) is 2.96. The maximum Gasteiger partial charge on any atom is 0.248 e.